The van der Waals surface area contributed by atoms with Crippen LogP contribution in [0, 0.1) is 6.92 Å². The number of aromatic nitrogens is 2. The average Bonchev–Trinajstić information content (AvgIpc) is 3.24. The summed E-state index contributed by atoms with van der Waals surface area (Å²) < 4.78 is 20.0. The summed E-state index contributed by atoms with van der Waals surface area (Å²) in [6, 6.07) is 15.9. The van der Waals surface area contributed by atoms with Crippen molar-refractivity contribution in [3.05, 3.63) is 77.3 Å². The highest BCUT2D eigenvalue weighted by molar-refractivity contribution is 6.30. The van der Waals surface area contributed by atoms with Gasteiger partial charge in [0.1, 0.15) is 36.1 Å². The summed E-state index contributed by atoms with van der Waals surface area (Å²) in [5.41, 5.74) is 0.987. The van der Waals surface area contributed by atoms with Crippen LogP contribution in [0.4, 0.5) is 0 Å². The lowest BCUT2D eigenvalue weighted by Crippen LogP contribution is -2.48. The maximum absolute atomic E-state index is 6.07. The second-order valence-electron chi connectivity index (χ2n) is 8.57. The zero-order valence-electron chi connectivity index (χ0n) is 19.4. The van der Waals surface area contributed by atoms with Crippen LogP contribution in [0.25, 0.3) is 0 Å². The molecule has 0 bridgehead atoms. The first-order valence-corrected chi connectivity index (χ1v) is 11.8. The van der Waals surface area contributed by atoms with Crippen molar-refractivity contribution in [2.45, 2.75) is 38.5 Å². The number of rotatable bonds is 10. The Labute approximate surface area is 201 Å². The Kier molecular flexibility index (Phi) is 7.91. The molecule has 0 spiro atoms. The summed E-state index contributed by atoms with van der Waals surface area (Å²) in [4.78, 5) is 6.71. The Morgan fingerprint density at radius 1 is 1.03 bits per heavy atom. The Hall–Kier alpha value is -2.54. The summed E-state index contributed by atoms with van der Waals surface area (Å²) in [6.07, 6.45) is 5.64. The van der Waals surface area contributed by atoms with E-state index in [4.69, 9.17) is 25.8 Å². The molecule has 0 aliphatic carbocycles. The molecule has 2 aromatic carbocycles. The van der Waals surface area contributed by atoms with Crippen molar-refractivity contribution in [1.82, 2.24) is 14.5 Å². The minimum atomic E-state index is -0.269. The number of imidazole rings is 1. The van der Waals surface area contributed by atoms with Crippen molar-refractivity contribution in [3.63, 3.8) is 0 Å². The van der Waals surface area contributed by atoms with E-state index >= 15 is 0 Å². The topological polar surface area (TPSA) is 48.8 Å². The second kappa shape index (κ2) is 11.1. The Morgan fingerprint density at radius 2 is 1.79 bits per heavy atom. The molecule has 1 aromatic heterocycles. The molecule has 0 unspecified atom stereocenters. The highest BCUT2D eigenvalue weighted by Gasteiger charge is 2.35. The van der Waals surface area contributed by atoms with E-state index in [0.717, 1.165) is 56.3 Å². The van der Waals surface area contributed by atoms with Gasteiger partial charge in [-0.05, 0) is 55.7 Å². The van der Waals surface area contributed by atoms with Crippen LogP contribution in [0.3, 0.4) is 0 Å². The number of aryl methyl sites for hydroxylation is 1. The first-order valence-electron chi connectivity index (χ1n) is 11.4. The zero-order chi connectivity index (χ0) is 23.1. The van der Waals surface area contributed by atoms with Crippen LogP contribution in [0.15, 0.2) is 60.9 Å². The largest absolute Gasteiger partial charge is 0.492 e. The van der Waals surface area contributed by atoms with Crippen molar-refractivity contribution in [2.24, 2.45) is 0 Å². The molecule has 0 radical (unpaired) electrons. The molecule has 176 valence electrons. The number of halogens is 1. The summed E-state index contributed by atoms with van der Waals surface area (Å²) in [5, 5.41) is 0.678. The number of hydrogen-bond donors (Lipinski definition) is 0. The lowest BCUT2D eigenvalue weighted by atomic mass is 9.91. The number of methoxy groups -OCH3 is 1. The van der Waals surface area contributed by atoms with Gasteiger partial charge in [-0.1, -0.05) is 29.8 Å². The van der Waals surface area contributed by atoms with E-state index in [2.05, 4.69) is 32.7 Å². The number of hydrogen-bond acceptors (Lipinski definition) is 5. The average molecular weight is 470 g/mol. The molecule has 7 heteroatoms. The first kappa shape index (κ1) is 23.6. The van der Waals surface area contributed by atoms with Crippen LogP contribution < -0.4 is 9.47 Å². The predicted molar refractivity (Wildman–Crippen MR) is 130 cm³/mol. The molecule has 1 aliphatic heterocycles. The van der Waals surface area contributed by atoms with E-state index in [1.807, 2.05) is 49.6 Å². The lowest BCUT2D eigenvalue weighted by molar-refractivity contribution is -0.0839. The third-order valence-corrected chi connectivity index (χ3v) is 6.56. The molecule has 1 aliphatic rings. The van der Waals surface area contributed by atoms with Crippen molar-refractivity contribution >= 4 is 11.6 Å². The second-order valence-corrected chi connectivity index (χ2v) is 9.01. The molecule has 0 atom stereocenters. The number of ether oxygens (including phenoxy) is 3. The van der Waals surface area contributed by atoms with Gasteiger partial charge in [-0.3, -0.25) is 4.90 Å². The maximum Gasteiger partial charge on any atom is 0.120 e. The normalized spacial score (nSPS) is 16.0. The van der Waals surface area contributed by atoms with Crippen LogP contribution in [0.2, 0.25) is 5.02 Å². The van der Waals surface area contributed by atoms with E-state index in [1.165, 1.54) is 5.56 Å². The molecule has 1 saturated heterocycles. The molecule has 6 nitrogen and oxygen atoms in total. The van der Waals surface area contributed by atoms with Crippen LogP contribution in [-0.2, 0) is 17.8 Å². The third-order valence-electron chi connectivity index (χ3n) is 6.33. The van der Waals surface area contributed by atoms with Gasteiger partial charge in [-0.2, -0.15) is 0 Å². The zero-order valence-corrected chi connectivity index (χ0v) is 20.1. The van der Waals surface area contributed by atoms with E-state index in [9.17, 15) is 0 Å². The van der Waals surface area contributed by atoms with Gasteiger partial charge in [-0.25, -0.2) is 4.98 Å². The molecule has 0 N–H and O–H groups in total. The molecular weight excluding hydrogens is 438 g/mol. The third kappa shape index (κ3) is 6.50. The van der Waals surface area contributed by atoms with Gasteiger partial charge in [0, 0.05) is 44.2 Å². The van der Waals surface area contributed by atoms with Crippen molar-refractivity contribution in [2.75, 3.05) is 33.4 Å². The van der Waals surface area contributed by atoms with Gasteiger partial charge in [0.25, 0.3) is 0 Å². The van der Waals surface area contributed by atoms with Crippen LogP contribution in [0.1, 0.15) is 24.2 Å². The van der Waals surface area contributed by atoms with Crippen molar-refractivity contribution in [3.8, 4) is 11.5 Å². The Balaban J connectivity index is 1.25. The molecule has 3 aromatic rings. The van der Waals surface area contributed by atoms with Gasteiger partial charge >= 0.3 is 0 Å². The number of benzene rings is 2. The first-order chi connectivity index (χ1) is 16.0. The summed E-state index contributed by atoms with van der Waals surface area (Å²) >= 11 is 6.07. The highest BCUT2D eigenvalue weighted by Crippen LogP contribution is 2.29. The molecule has 0 amide bonds. The van der Waals surface area contributed by atoms with Gasteiger partial charge in [-0.15, -0.1) is 0 Å². The van der Waals surface area contributed by atoms with Gasteiger partial charge in [0.2, 0.25) is 0 Å². The minimum absolute atomic E-state index is 0.269. The Bertz CT molecular complexity index is 1030. The smallest absolute Gasteiger partial charge is 0.120 e. The van der Waals surface area contributed by atoms with Crippen LogP contribution in [0.5, 0.6) is 11.5 Å². The molecule has 0 saturated carbocycles. The predicted octanol–water partition coefficient (Wildman–Crippen LogP) is 4.98. The molecule has 1 fully saturated rings. The highest BCUT2D eigenvalue weighted by atomic mass is 35.5. The SMILES string of the molecule is COC1(COc2cccc(Cl)c2)CCN(Cc2cccc(OCCn3ccnc3C)c2)CC1. The number of piperidine rings is 1. The van der Waals surface area contributed by atoms with Crippen LogP contribution >= 0.6 is 11.6 Å². The number of nitrogens with zero attached hydrogens (tertiary/aromatic N) is 3. The quantitative estimate of drug-likeness (QED) is 0.419. The fraction of sp³-hybridized carbons (Fsp3) is 0.423. The van der Waals surface area contributed by atoms with Crippen LogP contribution in [-0.4, -0.2) is 53.5 Å². The lowest BCUT2D eigenvalue weighted by Gasteiger charge is -2.40. The van der Waals surface area contributed by atoms with Gasteiger partial charge in [0.05, 0.1) is 6.54 Å². The summed E-state index contributed by atoms with van der Waals surface area (Å²) in [6.45, 7) is 6.74. The van der Waals surface area contributed by atoms with E-state index in [0.29, 0.717) is 18.2 Å². The minimum Gasteiger partial charge on any atom is -0.492 e. The monoisotopic (exact) mass is 469 g/mol. The molecule has 2 heterocycles. The van der Waals surface area contributed by atoms with Gasteiger partial charge in [0.15, 0.2) is 0 Å². The number of likely N-dealkylation sites (tertiary alicyclic amines) is 1. The van der Waals surface area contributed by atoms with Gasteiger partial charge < -0.3 is 18.8 Å². The van der Waals surface area contributed by atoms with E-state index in [-0.39, 0.29) is 5.60 Å². The molecule has 33 heavy (non-hydrogen) atoms. The van der Waals surface area contributed by atoms with E-state index < -0.39 is 0 Å². The van der Waals surface area contributed by atoms with E-state index in [1.54, 1.807) is 7.11 Å². The standard InChI is InChI=1S/C26H32ClN3O3/c1-21-28-11-14-30(21)15-16-32-24-7-3-5-22(17-24)19-29-12-9-26(31-2,10-13-29)20-33-25-8-4-6-23(27)18-25/h3-8,11,14,17-18H,9-10,12-13,15-16,19-20H2,1-2H3. The summed E-state index contributed by atoms with van der Waals surface area (Å²) in [7, 11) is 1.78. The fourth-order valence-electron chi connectivity index (χ4n) is 4.19. The molecular formula is C26H32ClN3O3. The summed E-state index contributed by atoms with van der Waals surface area (Å²) in [5.74, 6) is 2.69. The maximum atomic E-state index is 6.07. The fourth-order valence-corrected chi connectivity index (χ4v) is 4.37. The Morgan fingerprint density at radius 3 is 2.48 bits per heavy atom. The van der Waals surface area contributed by atoms with Crippen molar-refractivity contribution < 1.29 is 14.2 Å². The molecule has 4 rings (SSSR count). The van der Waals surface area contributed by atoms with Crippen molar-refractivity contribution in [1.29, 1.82) is 0 Å².